The molecule has 0 amide bonds. The maximum atomic E-state index is 14.1. The predicted octanol–water partition coefficient (Wildman–Crippen LogP) is 3.22. The van der Waals surface area contributed by atoms with Gasteiger partial charge in [0.2, 0.25) is 0 Å². The highest BCUT2D eigenvalue weighted by atomic mass is 19.1. The van der Waals surface area contributed by atoms with Crippen LogP contribution < -0.4 is 5.32 Å². The van der Waals surface area contributed by atoms with E-state index in [0.29, 0.717) is 16.7 Å². The molecule has 1 unspecified atom stereocenters. The summed E-state index contributed by atoms with van der Waals surface area (Å²) in [6, 6.07) is 1.22. The molecule has 1 atom stereocenters. The third kappa shape index (κ3) is 1.46. The molecular weight excluding hydrogens is 208 g/mol. The molecule has 3 heteroatoms. The molecule has 0 bridgehead atoms. The molecule has 1 nitrogen and oxygen atoms in total. The van der Waals surface area contributed by atoms with E-state index in [1.807, 2.05) is 13.8 Å². The standard InChI is InChI=1S/C13H17F2N/c1-7-5-8(14)11-10(12(7)15)9(16-4)6-13(11,2)3/h5,9,16H,6H2,1-4H3. The number of nitrogens with one attached hydrogen (secondary N) is 1. The zero-order valence-corrected chi connectivity index (χ0v) is 10.1. The summed E-state index contributed by atoms with van der Waals surface area (Å²) in [7, 11) is 1.79. The van der Waals surface area contributed by atoms with Gasteiger partial charge in [0.25, 0.3) is 0 Å². The minimum atomic E-state index is -0.304. The molecule has 0 heterocycles. The van der Waals surface area contributed by atoms with Crippen molar-refractivity contribution in [2.75, 3.05) is 7.05 Å². The smallest absolute Gasteiger partial charge is 0.131 e. The topological polar surface area (TPSA) is 12.0 Å². The first kappa shape index (κ1) is 11.5. The third-order valence-corrected chi connectivity index (χ3v) is 3.52. The number of hydrogen-bond donors (Lipinski definition) is 1. The van der Waals surface area contributed by atoms with Crippen LogP contribution in [0.1, 0.15) is 43.0 Å². The fourth-order valence-electron chi connectivity index (χ4n) is 2.75. The maximum absolute atomic E-state index is 14.1. The quantitative estimate of drug-likeness (QED) is 0.773. The van der Waals surface area contributed by atoms with Gasteiger partial charge in [-0.2, -0.15) is 0 Å². The van der Waals surface area contributed by atoms with Crippen molar-refractivity contribution in [2.45, 2.75) is 38.6 Å². The summed E-state index contributed by atoms with van der Waals surface area (Å²) in [6.45, 7) is 5.53. The van der Waals surface area contributed by atoms with Crippen LogP contribution >= 0.6 is 0 Å². The molecule has 0 saturated carbocycles. The van der Waals surface area contributed by atoms with Crippen LogP contribution in [0.25, 0.3) is 0 Å². The lowest BCUT2D eigenvalue weighted by Crippen LogP contribution is -2.17. The Kier molecular flexibility index (Phi) is 2.54. The molecule has 0 radical (unpaired) electrons. The van der Waals surface area contributed by atoms with Crippen LogP contribution in [0.5, 0.6) is 0 Å². The number of aryl methyl sites for hydroxylation is 1. The molecule has 88 valence electrons. The molecular formula is C13H17F2N. The number of benzene rings is 1. The van der Waals surface area contributed by atoms with Crippen molar-refractivity contribution in [3.05, 3.63) is 34.4 Å². The predicted molar refractivity (Wildman–Crippen MR) is 60.5 cm³/mol. The average Bonchev–Trinajstić information content (AvgIpc) is 2.46. The number of rotatable bonds is 1. The highest BCUT2D eigenvalue weighted by Gasteiger charge is 2.41. The van der Waals surface area contributed by atoms with Crippen molar-refractivity contribution in [3.63, 3.8) is 0 Å². The SMILES string of the molecule is CNC1CC(C)(C)c2c(F)cc(C)c(F)c21. The van der Waals surface area contributed by atoms with E-state index in [1.54, 1.807) is 14.0 Å². The second-order valence-electron chi connectivity index (χ2n) is 5.21. The van der Waals surface area contributed by atoms with Crippen molar-refractivity contribution >= 4 is 0 Å². The number of fused-ring (bicyclic) bond motifs is 1. The van der Waals surface area contributed by atoms with Gasteiger partial charge in [-0.25, -0.2) is 8.78 Å². The average molecular weight is 225 g/mol. The first-order valence-electron chi connectivity index (χ1n) is 5.54. The van der Waals surface area contributed by atoms with Crippen LogP contribution in [0.15, 0.2) is 6.07 Å². The Labute approximate surface area is 94.9 Å². The first-order valence-corrected chi connectivity index (χ1v) is 5.54. The normalized spacial score (nSPS) is 22.2. The zero-order valence-electron chi connectivity index (χ0n) is 10.1. The number of halogens is 2. The van der Waals surface area contributed by atoms with Crippen molar-refractivity contribution in [1.82, 2.24) is 5.32 Å². The molecule has 1 N–H and O–H groups in total. The molecule has 0 saturated heterocycles. The minimum Gasteiger partial charge on any atom is -0.313 e. The van der Waals surface area contributed by atoms with Gasteiger partial charge in [0.1, 0.15) is 11.6 Å². The van der Waals surface area contributed by atoms with Gasteiger partial charge in [0.15, 0.2) is 0 Å². The first-order chi connectivity index (χ1) is 7.38. The summed E-state index contributed by atoms with van der Waals surface area (Å²) in [6.07, 6.45) is 0.732. The Hall–Kier alpha value is -0.960. The van der Waals surface area contributed by atoms with E-state index in [2.05, 4.69) is 5.32 Å². The summed E-state index contributed by atoms with van der Waals surface area (Å²) in [5.41, 5.74) is 1.14. The highest BCUT2D eigenvalue weighted by Crippen LogP contribution is 2.47. The van der Waals surface area contributed by atoms with Gasteiger partial charge in [-0.3, -0.25) is 0 Å². The molecule has 0 aromatic heterocycles. The fourth-order valence-corrected chi connectivity index (χ4v) is 2.75. The lowest BCUT2D eigenvalue weighted by molar-refractivity contribution is 0.433. The molecule has 1 aromatic rings. The van der Waals surface area contributed by atoms with Crippen molar-refractivity contribution in [3.8, 4) is 0 Å². The van der Waals surface area contributed by atoms with Crippen molar-refractivity contribution < 1.29 is 8.78 Å². The Morgan fingerprint density at radius 3 is 2.56 bits per heavy atom. The highest BCUT2D eigenvalue weighted by molar-refractivity contribution is 5.45. The lowest BCUT2D eigenvalue weighted by Gasteiger charge is -2.19. The van der Waals surface area contributed by atoms with Crippen molar-refractivity contribution in [1.29, 1.82) is 0 Å². The molecule has 1 aromatic carbocycles. The van der Waals surface area contributed by atoms with E-state index in [0.717, 1.165) is 6.42 Å². The molecule has 2 rings (SSSR count). The Morgan fingerprint density at radius 1 is 1.38 bits per heavy atom. The van der Waals surface area contributed by atoms with Crippen LogP contribution in [0.3, 0.4) is 0 Å². The van der Waals surface area contributed by atoms with E-state index in [-0.39, 0.29) is 23.1 Å². The molecule has 1 aliphatic carbocycles. The second kappa shape index (κ2) is 3.52. The largest absolute Gasteiger partial charge is 0.313 e. The van der Waals surface area contributed by atoms with E-state index in [1.165, 1.54) is 6.07 Å². The van der Waals surface area contributed by atoms with Crippen molar-refractivity contribution in [2.24, 2.45) is 0 Å². The van der Waals surface area contributed by atoms with Gasteiger partial charge in [0, 0.05) is 17.2 Å². The third-order valence-electron chi connectivity index (χ3n) is 3.52. The van der Waals surface area contributed by atoms with Crippen LogP contribution in [0.4, 0.5) is 8.78 Å². The van der Waals surface area contributed by atoms with Crippen LogP contribution in [-0.2, 0) is 5.41 Å². The second-order valence-corrected chi connectivity index (χ2v) is 5.21. The van der Waals surface area contributed by atoms with Gasteiger partial charge in [-0.15, -0.1) is 0 Å². The molecule has 0 fully saturated rings. The van der Waals surface area contributed by atoms with Gasteiger partial charge in [0.05, 0.1) is 0 Å². The Morgan fingerprint density at radius 2 is 2.00 bits per heavy atom. The Balaban J connectivity index is 2.74. The van der Waals surface area contributed by atoms with E-state index in [4.69, 9.17) is 0 Å². The minimum absolute atomic E-state index is 0.0839. The summed E-state index contributed by atoms with van der Waals surface area (Å²) in [5, 5.41) is 3.06. The monoisotopic (exact) mass is 225 g/mol. The van der Waals surface area contributed by atoms with E-state index in [9.17, 15) is 8.78 Å². The van der Waals surface area contributed by atoms with Gasteiger partial charge in [-0.1, -0.05) is 13.8 Å². The molecule has 16 heavy (non-hydrogen) atoms. The van der Waals surface area contributed by atoms with Crippen LogP contribution in [0, 0.1) is 18.6 Å². The van der Waals surface area contributed by atoms with E-state index < -0.39 is 0 Å². The van der Waals surface area contributed by atoms with E-state index >= 15 is 0 Å². The zero-order chi connectivity index (χ0) is 12.1. The molecule has 0 spiro atoms. The number of hydrogen-bond acceptors (Lipinski definition) is 1. The van der Waals surface area contributed by atoms with Gasteiger partial charge in [-0.05, 0) is 37.4 Å². The molecule has 1 aliphatic rings. The summed E-state index contributed by atoms with van der Waals surface area (Å²) in [4.78, 5) is 0. The van der Waals surface area contributed by atoms with Crippen LogP contribution in [-0.4, -0.2) is 7.05 Å². The van der Waals surface area contributed by atoms with Crippen LogP contribution in [0.2, 0.25) is 0 Å². The lowest BCUT2D eigenvalue weighted by atomic mass is 9.85. The Bertz CT molecular complexity index is 438. The van der Waals surface area contributed by atoms with Gasteiger partial charge >= 0.3 is 0 Å². The summed E-state index contributed by atoms with van der Waals surface area (Å²) in [5.74, 6) is -0.544. The maximum Gasteiger partial charge on any atom is 0.131 e. The van der Waals surface area contributed by atoms with Gasteiger partial charge < -0.3 is 5.32 Å². The fraction of sp³-hybridized carbons (Fsp3) is 0.538. The molecule has 0 aliphatic heterocycles. The summed E-state index contributed by atoms with van der Waals surface area (Å²) >= 11 is 0. The summed E-state index contributed by atoms with van der Waals surface area (Å²) < 4.78 is 28.0.